The zero-order valence-corrected chi connectivity index (χ0v) is 10.3. The topological polar surface area (TPSA) is 130 Å². The number of carbonyl (C=O) groups excluding carboxylic acids is 2. The molecule has 1 heterocycles. The van der Waals surface area contributed by atoms with Gasteiger partial charge in [-0.1, -0.05) is 0 Å². The van der Waals surface area contributed by atoms with Gasteiger partial charge in [0, 0.05) is 12.5 Å². The first-order valence-electron chi connectivity index (χ1n) is 5.31. The van der Waals surface area contributed by atoms with Crippen molar-refractivity contribution < 1.29 is 27.9 Å². The summed E-state index contributed by atoms with van der Waals surface area (Å²) in [6.07, 6.45) is -0.346. The zero-order chi connectivity index (χ0) is 13.8. The minimum Gasteiger partial charge on any atom is -0.481 e. The summed E-state index contributed by atoms with van der Waals surface area (Å²) < 4.78 is 22.2. The van der Waals surface area contributed by atoms with Crippen molar-refractivity contribution in [3.05, 3.63) is 0 Å². The van der Waals surface area contributed by atoms with Gasteiger partial charge in [-0.3, -0.25) is 14.9 Å². The molecule has 0 aromatic rings. The van der Waals surface area contributed by atoms with Gasteiger partial charge in [0.1, 0.15) is 0 Å². The van der Waals surface area contributed by atoms with E-state index >= 15 is 0 Å². The van der Waals surface area contributed by atoms with Crippen LogP contribution in [0.5, 0.6) is 0 Å². The lowest BCUT2D eigenvalue weighted by Gasteiger charge is -2.10. The van der Waals surface area contributed by atoms with E-state index in [1.807, 2.05) is 5.32 Å². The van der Waals surface area contributed by atoms with E-state index in [0.29, 0.717) is 6.42 Å². The van der Waals surface area contributed by atoms with Crippen molar-refractivity contribution >= 4 is 27.7 Å². The molecule has 9 heteroatoms. The lowest BCUT2D eigenvalue weighted by molar-refractivity contribution is -0.138. The number of amides is 3. The normalized spacial score (nSPS) is 21.2. The Bertz CT molecular complexity index is 458. The monoisotopic (exact) mass is 278 g/mol. The average Bonchev–Trinajstić information content (AvgIpc) is 2.54. The van der Waals surface area contributed by atoms with Crippen molar-refractivity contribution in [2.75, 3.05) is 11.5 Å². The van der Waals surface area contributed by atoms with Gasteiger partial charge in [-0.2, -0.15) is 0 Å². The highest BCUT2D eigenvalue weighted by atomic mass is 32.2. The molecular weight excluding hydrogens is 264 g/mol. The molecule has 0 radical (unpaired) electrons. The molecule has 0 bridgehead atoms. The van der Waals surface area contributed by atoms with Crippen LogP contribution in [0.3, 0.4) is 0 Å². The minimum absolute atomic E-state index is 0.0188. The SMILES string of the molecule is O=C(O)CCC(=O)NC(=O)NC1CCS(=O)(=O)C1. The van der Waals surface area contributed by atoms with Gasteiger partial charge in [-0.05, 0) is 6.42 Å². The summed E-state index contributed by atoms with van der Waals surface area (Å²) in [7, 11) is -3.10. The molecule has 8 nitrogen and oxygen atoms in total. The first-order chi connectivity index (χ1) is 8.28. The summed E-state index contributed by atoms with van der Waals surface area (Å²) >= 11 is 0. The molecule has 3 N–H and O–H groups in total. The van der Waals surface area contributed by atoms with Crippen molar-refractivity contribution in [3.63, 3.8) is 0 Å². The molecule has 18 heavy (non-hydrogen) atoms. The number of aliphatic carboxylic acids is 1. The van der Waals surface area contributed by atoms with Gasteiger partial charge in [0.15, 0.2) is 9.84 Å². The Balaban J connectivity index is 2.30. The fraction of sp³-hybridized carbons (Fsp3) is 0.667. The van der Waals surface area contributed by atoms with Crippen LogP contribution in [0.4, 0.5) is 4.79 Å². The Hall–Kier alpha value is -1.64. The van der Waals surface area contributed by atoms with E-state index in [2.05, 4.69) is 5.32 Å². The second kappa shape index (κ2) is 5.80. The molecule has 1 aliphatic heterocycles. The summed E-state index contributed by atoms with van der Waals surface area (Å²) in [6, 6.07) is -1.30. The number of nitrogens with one attached hydrogen (secondary N) is 2. The second-order valence-corrected chi connectivity index (χ2v) is 6.24. The molecule has 0 aromatic heterocycles. The van der Waals surface area contributed by atoms with Crippen molar-refractivity contribution in [3.8, 4) is 0 Å². The summed E-state index contributed by atoms with van der Waals surface area (Å²) in [5.41, 5.74) is 0. The van der Waals surface area contributed by atoms with Crippen LogP contribution in [0.1, 0.15) is 19.3 Å². The molecule has 0 aromatic carbocycles. The van der Waals surface area contributed by atoms with Crippen LogP contribution in [0, 0.1) is 0 Å². The molecule has 1 aliphatic rings. The number of carboxylic acids is 1. The minimum atomic E-state index is -3.10. The Labute approximate surface area is 104 Å². The molecule has 1 rings (SSSR count). The van der Waals surface area contributed by atoms with Crippen LogP contribution in [0.2, 0.25) is 0 Å². The molecule has 1 saturated heterocycles. The average molecular weight is 278 g/mol. The third-order valence-electron chi connectivity index (χ3n) is 2.39. The van der Waals surface area contributed by atoms with Gasteiger partial charge >= 0.3 is 12.0 Å². The maximum atomic E-state index is 11.3. The number of rotatable bonds is 4. The number of carboxylic acid groups (broad SMARTS) is 1. The molecule has 1 unspecified atom stereocenters. The predicted octanol–water partition coefficient (Wildman–Crippen LogP) is -1.14. The van der Waals surface area contributed by atoms with E-state index < -0.39 is 33.8 Å². The second-order valence-electron chi connectivity index (χ2n) is 4.02. The molecule has 1 atom stereocenters. The maximum Gasteiger partial charge on any atom is 0.321 e. The Morgan fingerprint density at radius 1 is 1.22 bits per heavy atom. The fourth-order valence-electron chi connectivity index (χ4n) is 1.54. The van der Waals surface area contributed by atoms with Crippen LogP contribution in [0.15, 0.2) is 0 Å². The lowest BCUT2D eigenvalue weighted by Crippen LogP contribution is -2.45. The highest BCUT2D eigenvalue weighted by molar-refractivity contribution is 7.91. The van der Waals surface area contributed by atoms with Crippen molar-refractivity contribution in [1.29, 1.82) is 0 Å². The van der Waals surface area contributed by atoms with Gasteiger partial charge in [0.2, 0.25) is 5.91 Å². The van der Waals surface area contributed by atoms with Crippen LogP contribution < -0.4 is 10.6 Å². The van der Waals surface area contributed by atoms with E-state index in [-0.39, 0.29) is 24.3 Å². The Kier molecular flexibility index (Phi) is 4.65. The quantitative estimate of drug-likeness (QED) is 0.596. The smallest absolute Gasteiger partial charge is 0.321 e. The molecule has 0 aliphatic carbocycles. The summed E-state index contributed by atoms with van der Waals surface area (Å²) in [4.78, 5) is 32.6. The number of imide groups is 1. The Morgan fingerprint density at radius 3 is 2.39 bits per heavy atom. The molecule has 1 fully saturated rings. The molecule has 0 saturated carbocycles. The van der Waals surface area contributed by atoms with E-state index in [9.17, 15) is 22.8 Å². The van der Waals surface area contributed by atoms with E-state index in [1.54, 1.807) is 0 Å². The summed E-state index contributed by atoms with van der Waals surface area (Å²) in [6.45, 7) is 0. The van der Waals surface area contributed by atoms with Crippen LogP contribution in [0.25, 0.3) is 0 Å². The predicted molar refractivity (Wildman–Crippen MR) is 60.6 cm³/mol. The van der Waals surface area contributed by atoms with Gasteiger partial charge in [0.05, 0.1) is 17.9 Å². The van der Waals surface area contributed by atoms with Gasteiger partial charge in [0.25, 0.3) is 0 Å². The number of hydrogen-bond acceptors (Lipinski definition) is 5. The molecular formula is C9H14N2O6S. The summed E-state index contributed by atoms with van der Waals surface area (Å²) in [5, 5.41) is 12.6. The van der Waals surface area contributed by atoms with Crippen LogP contribution >= 0.6 is 0 Å². The van der Waals surface area contributed by atoms with E-state index in [4.69, 9.17) is 5.11 Å². The maximum absolute atomic E-state index is 11.3. The number of urea groups is 1. The van der Waals surface area contributed by atoms with Crippen molar-refractivity contribution in [2.45, 2.75) is 25.3 Å². The van der Waals surface area contributed by atoms with Gasteiger partial charge in [-0.25, -0.2) is 13.2 Å². The zero-order valence-electron chi connectivity index (χ0n) is 9.51. The van der Waals surface area contributed by atoms with Gasteiger partial charge in [-0.15, -0.1) is 0 Å². The van der Waals surface area contributed by atoms with Gasteiger partial charge < -0.3 is 10.4 Å². The van der Waals surface area contributed by atoms with Crippen LogP contribution in [-0.4, -0.2) is 49.0 Å². The van der Waals surface area contributed by atoms with Crippen molar-refractivity contribution in [1.82, 2.24) is 10.6 Å². The first-order valence-corrected chi connectivity index (χ1v) is 7.13. The van der Waals surface area contributed by atoms with Crippen LogP contribution in [-0.2, 0) is 19.4 Å². The third-order valence-corrected chi connectivity index (χ3v) is 4.15. The Morgan fingerprint density at radius 2 is 1.89 bits per heavy atom. The third kappa shape index (κ3) is 5.13. The standard InChI is InChI=1S/C9H14N2O6S/c12-7(1-2-8(13)14)11-9(15)10-6-3-4-18(16,17)5-6/h6H,1-5H2,(H,13,14)(H2,10,11,12,15). The molecule has 3 amide bonds. The fourth-order valence-corrected chi connectivity index (χ4v) is 3.21. The highest BCUT2D eigenvalue weighted by Crippen LogP contribution is 2.10. The molecule has 102 valence electrons. The molecule has 0 spiro atoms. The lowest BCUT2D eigenvalue weighted by atomic mass is 10.3. The number of sulfone groups is 1. The highest BCUT2D eigenvalue weighted by Gasteiger charge is 2.29. The number of hydrogen-bond donors (Lipinski definition) is 3. The summed E-state index contributed by atoms with van der Waals surface area (Å²) in [5.74, 6) is -1.96. The first kappa shape index (κ1) is 14.4. The van der Waals surface area contributed by atoms with Crippen molar-refractivity contribution in [2.24, 2.45) is 0 Å². The van der Waals surface area contributed by atoms with E-state index in [1.165, 1.54) is 0 Å². The number of carbonyl (C=O) groups is 3. The largest absolute Gasteiger partial charge is 0.481 e. The van der Waals surface area contributed by atoms with E-state index in [0.717, 1.165) is 0 Å².